The molecule has 0 atom stereocenters. The second-order valence-corrected chi connectivity index (χ2v) is 5.85. The van der Waals surface area contributed by atoms with Crippen LogP contribution >= 0.6 is 0 Å². The molecule has 110 valence electrons. The highest BCUT2D eigenvalue weighted by Gasteiger charge is 2.19. The van der Waals surface area contributed by atoms with Crippen LogP contribution < -0.4 is 0 Å². The maximum atomic E-state index is 11.4. The molecule has 1 aromatic carbocycles. The normalized spacial score (nSPS) is 15.8. The zero-order chi connectivity index (χ0) is 14.5. The van der Waals surface area contributed by atoms with E-state index in [-0.39, 0.29) is 0 Å². The Kier molecular flexibility index (Phi) is 4.39. The molecule has 1 heterocycles. The molecule has 0 saturated heterocycles. The first-order valence-corrected chi connectivity index (χ1v) is 7.80. The lowest BCUT2D eigenvalue weighted by Crippen LogP contribution is -2.35. The predicted molar refractivity (Wildman–Crippen MR) is 84.7 cm³/mol. The molecule has 21 heavy (non-hydrogen) atoms. The van der Waals surface area contributed by atoms with E-state index in [1.165, 1.54) is 30.4 Å². The summed E-state index contributed by atoms with van der Waals surface area (Å²) in [6.07, 6.45) is 9.06. The molecular weight excluding hydrogens is 260 g/mol. The topological polar surface area (TPSA) is 36.1 Å². The standard InChI is InChI=1S/C18H22N2O/c21-14-20(17-8-2-1-3-9-17)13-15-6-4-7-16(12-15)18-10-5-11-19-18/h4-7,10-12,14,17,19H,1-3,8-9,13H2. The summed E-state index contributed by atoms with van der Waals surface area (Å²) < 4.78 is 0. The van der Waals surface area contributed by atoms with Crippen molar-refractivity contribution in [3.63, 3.8) is 0 Å². The van der Waals surface area contributed by atoms with E-state index in [0.29, 0.717) is 12.6 Å². The van der Waals surface area contributed by atoms with Gasteiger partial charge in [-0.05, 0) is 42.2 Å². The summed E-state index contributed by atoms with van der Waals surface area (Å²) in [4.78, 5) is 16.6. The number of H-pyrrole nitrogens is 1. The Morgan fingerprint density at radius 3 is 2.71 bits per heavy atom. The third-order valence-corrected chi connectivity index (χ3v) is 4.38. The van der Waals surface area contributed by atoms with Gasteiger partial charge in [0.1, 0.15) is 0 Å². The summed E-state index contributed by atoms with van der Waals surface area (Å²) in [5.41, 5.74) is 3.49. The van der Waals surface area contributed by atoms with E-state index in [4.69, 9.17) is 0 Å². The highest BCUT2D eigenvalue weighted by molar-refractivity contribution is 5.60. The Morgan fingerprint density at radius 2 is 2.00 bits per heavy atom. The molecule has 1 aromatic heterocycles. The average Bonchev–Trinajstić information content (AvgIpc) is 3.08. The lowest BCUT2D eigenvalue weighted by molar-refractivity contribution is -0.121. The molecule has 0 unspecified atom stereocenters. The number of nitrogens with one attached hydrogen (secondary N) is 1. The number of aromatic nitrogens is 1. The summed E-state index contributed by atoms with van der Waals surface area (Å²) in [7, 11) is 0. The minimum Gasteiger partial charge on any atom is -0.361 e. The highest BCUT2D eigenvalue weighted by Crippen LogP contribution is 2.24. The zero-order valence-corrected chi connectivity index (χ0v) is 12.3. The second kappa shape index (κ2) is 6.61. The van der Waals surface area contributed by atoms with Crippen molar-refractivity contribution in [3.8, 4) is 11.3 Å². The lowest BCUT2D eigenvalue weighted by Gasteiger charge is -2.31. The quantitative estimate of drug-likeness (QED) is 0.827. The van der Waals surface area contributed by atoms with E-state index in [1.54, 1.807) is 0 Å². The molecule has 1 aliphatic carbocycles. The smallest absolute Gasteiger partial charge is 0.210 e. The fourth-order valence-electron chi connectivity index (χ4n) is 3.22. The Hall–Kier alpha value is -2.03. The van der Waals surface area contributed by atoms with Gasteiger partial charge in [0.25, 0.3) is 0 Å². The molecule has 0 bridgehead atoms. The molecule has 1 saturated carbocycles. The van der Waals surface area contributed by atoms with Gasteiger partial charge in [-0.2, -0.15) is 0 Å². The van der Waals surface area contributed by atoms with Gasteiger partial charge in [-0.15, -0.1) is 0 Å². The number of rotatable bonds is 5. The molecule has 3 heteroatoms. The van der Waals surface area contributed by atoms with E-state index in [2.05, 4.69) is 35.3 Å². The van der Waals surface area contributed by atoms with E-state index < -0.39 is 0 Å². The van der Waals surface area contributed by atoms with Gasteiger partial charge in [0.05, 0.1) is 0 Å². The number of aromatic amines is 1. The van der Waals surface area contributed by atoms with Crippen LogP contribution in [-0.2, 0) is 11.3 Å². The summed E-state index contributed by atoms with van der Waals surface area (Å²) in [6.45, 7) is 0.711. The van der Waals surface area contributed by atoms with Crippen molar-refractivity contribution < 1.29 is 4.79 Å². The molecule has 3 nitrogen and oxygen atoms in total. The molecule has 3 rings (SSSR count). The van der Waals surface area contributed by atoms with E-state index in [1.807, 2.05) is 17.2 Å². The Balaban J connectivity index is 1.74. The molecule has 1 amide bonds. The minimum absolute atomic E-state index is 0.422. The van der Waals surface area contributed by atoms with Gasteiger partial charge in [-0.3, -0.25) is 4.79 Å². The van der Waals surface area contributed by atoms with Crippen LogP contribution in [0.15, 0.2) is 42.6 Å². The van der Waals surface area contributed by atoms with Crippen LogP contribution in [0.1, 0.15) is 37.7 Å². The van der Waals surface area contributed by atoms with Crippen LogP contribution in [-0.4, -0.2) is 22.3 Å². The number of nitrogens with zero attached hydrogens (tertiary/aromatic N) is 1. The molecular formula is C18H22N2O. The van der Waals surface area contributed by atoms with E-state index >= 15 is 0 Å². The summed E-state index contributed by atoms with van der Waals surface area (Å²) in [5.74, 6) is 0. The van der Waals surface area contributed by atoms with Crippen LogP contribution in [0, 0.1) is 0 Å². The molecule has 1 fully saturated rings. The van der Waals surface area contributed by atoms with Crippen molar-refractivity contribution in [1.82, 2.24) is 9.88 Å². The van der Waals surface area contributed by atoms with Gasteiger partial charge in [0, 0.05) is 24.5 Å². The first-order chi connectivity index (χ1) is 10.4. The van der Waals surface area contributed by atoms with E-state index in [0.717, 1.165) is 24.9 Å². The van der Waals surface area contributed by atoms with E-state index in [9.17, 15) is 4.79 Å². The fourth-order valence-corrected chi connectivity index (χ4v) is 3.22. The van der Waals surface area contributed by atoms with Crippen molar-refractivity contribution in [2.45, 2.75) is 44.7 Å². The molecule has 1 aliphatic rings. The van der Waals surface area contributed by atoms with Crippen LogP contribution in [0.2, 0.25) is 0 Å². The maximum Gasteiger partial charge on any atom is 0.210 e. The van der Waals surface area contributed by atoms with Crippen molar-refractivity contribution in [2.75, 3.05) is 0 Å². The van der Waals surface area contributed by atoms with Crippen molar-refractivity contribution in [2.24, 2.45) is 0 Å². The van der Waals surface area contributed by atoms with Gasteiger partial charge in [0.2, 0.25) is 6.41 Å². The predicted octanol–water partition coefficient (Wildman–Crippen LogP) is 3.97. The van der Waals surface area contributed by atoms with Crippen molar-refractivity contribution in [1.29, 1.82) is 0 Å². The largest absolute Gasteiger partial charge is 0.361 e. The SMILES string of the molecule is O=CN(Cc1cccc(-c2ccc[nH]2)c1)C1CCCCC1. The fraction of sp³-hybridized carbons (Fsp3) is 0.389. The Bertz CT molecular complexity index is 571. The monoisotopic (exact) mass is 282 g/mol. The van der Waals surface area contributed by atoms with Crippen LogP contribution in [0.3, 0.4) is 0 Å². The molecule has 1 N–H and O–H groups in total. The van der Waals surface area contributed by atoms with Crippen LogP contribution in [0.5, 0.6) is 0 Å². The third kappa shape index (κ3) is 3.35. The Morgan fingerprint density at radius 1 is 1.14 bits per heavy atom. The van der Waals surface area contributed by atoms with Gasteiger partial charge >= 0.3 is 0 Å². The lowest BCUT2D eigenvalue weighted by atomic mass is 9.94. The van der Waals surface area contributed by atoms with Gasteiger partial charge in [-0.25, -0.2) is 0 Å². The van der Waals surface area contributed by atoms with Crippen molar-refractivity contribution >= 4 is 6.41 Å². The maximum absolute atomic E-state index is 11.4. The molecule has 0 radical (unpaired) electrons. The number of hydrogen-bond donors (Lipinski definition) is 1. The van der Waals surface area contributed by atoms with Gasteiger partial charge in [0.15, 0.2) is 0 Å². The highest BCUT2D eigenvalue weighted by atomic mass is 16.1. The van der Waals surface area contributed by atoms with Gasteiger partial charge < -0.3 is 9.88 Å². The van der Waals surface area contributed by atoms with Gasteiger partial charge in [-0.1, -0.05) is 37.5 Å². The summed E-state index contributed by atoms with van der Waals surface area (Å²) in [6, 6.07) is 12.9. The van der Waals surface area contributed by atoms with Crippen molar-refractivity contribution in [3.05, 3.63) is 48.2 Å². The third-order valence-electron chi connectivity index (χ3n) is 4.38. The summed E-state index contributed by atoms with van der Waals surface area (Å²) in [5, 5.41) is 0. The average molecular weight is 282 g/mol. The molecule has 2 aromatic rings. The Labute approximate surface area is 126 Å². The number of benzene rings is 1. The molecule has 0 aliphatic heterocycles. The zero-order valence-electron chi connectivity index (χ0n) is 12.3. The number of amides is 1. The number of hydrogen-bond acceptors (Lipinski definition) is 1. The number of carbonyl (C=O) groups excluding carboxylic acids is 1. The first kappa shape index (κ1) is 13.9. The first-order valence-electron chi connectivity index (χ1n) is 7.80. The molecule has 0 spiro atoms. The van der Waals surface area contributed by atoms with Crippen LogP contribution in [0.25, 0.3) is 11.3 Å². The summed E-state index contributed by atoms with van der Waals surface area (Å²) >= 11 is 0. The number of carbonyl (C=O) groups is 1. The second-order valence-electron chi connectivity index (χ2n) is 5.85. The minimum atomic E-state index is 0.422. The van der Waals surface area contributed by atoms with Crippen LogP contribution in [0.4, 0.5) is 0 Å².